The molecule has 3 heteroatoms. The van der Waals surface area contributed by atoms with Gasteiger partial charge >= 0.3 is 0 Å². The van der Waals surface area contributed by atoms with E-state index in [1.807, 2.05) is 4.90 Å². The van der Waals surface area contributed by atoms with Gasteiger partial charge in [0, 0.05) is 20.0 Å². The number of nitrogens with zero attached hydrogens (tertiary/aromatic N) is 1. The third-order valence-electron chi connectivity index (χ3n) is 4.10. The van der Waals surface area contributed by atoms with Crippen LogP contribution in [0.3, 0.4) is 0 Å². The Morgan fingerprint density at radius 2 is 1.73 bits per heavy atom. The highest BCUT2D eigenvalue weighted by Crippen LogP contribution is 2.35. The van der Waals surface area contributed by atoms with Crippen molar-refractivity contribution in [1.82, 2.24) is 4.90 Å². The van der Waals surface area contributed by atoms with Crippen LogP contribution in [-0.2, 0) is 4.79 Å². The minimum atomic E-state index is -0.104. The summed E-state index contributed by atoms with van der Waals surface area (Å²) in [4.78, 5) is 13.0. The molecule has 0 aromatic rings. The highest BCUT2D eigenvalue weighted by molar-refractivity contribution is 5.73. The molecule has 2 aliphatic rings. The van der Waals surface area contributed by atoms with E-state index in [4.69, 9.17) is 0 Å². The predicted octanol–water partition coefficient (Wildman–Crippen LogP) is 1.41. The normalized spacial score (nSPS) is 26.1. The molecule has 0 radical (unpaired) electrons. The SMILES string of the molecule is CC(=O)N1CCC(C(O)C2CCC2)CC1. The standard InChI is InChI=1S/C12H21NO2/c1-9(14)13-7-5-11(6-8-13)12(15)10-3-2-4-10/h10-12,15H,2-8H2,1H3. The van der Waals surface area contributed by atoms with Crippen LogP contribution >= 0.6 is 0 Å². The van der Waals surface area contributed by atoms with Crippen molar-refractivity contribution in [3.63, 3.8) is 0 Å². The molecule has 2 fully saturated rings. The monoisotopic (exact) mass is 211 g/mol. The molecule has 0 spiro atoms. The molecule has 0 aromatic carbocycles. The number of hydrogen-bond donors (Lipinski definition) is 1. The number of aliphatic hydroxyl groups excluding tert-OH is 1. The van der Waals surface area contributed by atoms with Crippen LogP contribution in [0.1, 0.15) is 39.0 Å². The Kier molecular flexibility index (Phi) is 3.29. The molecular weight excluding hydrogens is 190 g/mol. The number of hydrogen-bond acceptors (Lipinski definition) is 2. The summed E-state index contributed by atoms with van der Waals surface area (Å²) in [6, 6.07) is 0. The number of amides is 1. The summed E-state index contributed by atoms with van der Waals surface area (Å²) in [5, 5.41) is 10.1. The topological polar surface area (TPSA) is 40.5 Å². The van der Waals surface area contributed by atoms with Crippen LogP contribution in [0, 0.1) is 11.8 Å². The van der Waals surface area contributed by atoms with Gasteiger partial charge in [-0.3, -0.25) is 4.79 Å². The van der Waals surface area contributed by atoms with Gasteiger partial charge in [-0.2, -0.15) is 0 Å². The molecular formula is C12H21NO2. The summed E-state index contributed by atoms with van der Waals surface area (Å²) in [6.45, 7) is 3.30. The number of aliphatic hydroxyl groups is 1. The Hall–Kier alpha value is -0.570. The smallest absolute Gasteiger partial charge is 0.219 e. The fraction of sp³-hybridized carbons (Fsp3) is 0.917. The predicted molar refractivity (Wildman–Crippen MR) is 58.3 cm³/mol. The Bertz CT molecular complexity index is 230. The average molecular weight is 211 g/mol. The summed E-state index contributed by atoms with van der Waals surface area (Å²) in [5.74, 6) is 1.16. The molecule has 1 unspecified atom stereocenters. The lowest BCUT2D eigenvalue weighted by Crippen LogP contribution is -2.43. The fourth-order valence-corrected chi connectivity index (χ4v) is 2.72. The van der Waals surface area contributed by atoms with Gasteiger partial charge < -0.3 is 10.0 Å². The number of rotatable bonds is 2. The van der Waals surface area contributed by atoms with Crippen molar-refractivity contribution < 1.29 is 9.90 Å². The van der Waals surface area contributed by atoms with E-state index in [0.717, 1.165) is 25.9 Å². The maximum absolute atomic E-state index is 11.1. The van der Waals surface area contributed by atoms with Crippen LogP contribution < -0.4 is 0 Å². The Balaban J connectivity index is 1.79. The Labute approximate surface area is 91.5 Å². The lowest BCUT2D eigenvalue weighted by atomic mass is 9.74. The largest absolute Gasteiger partial charge is 0.393 e. The fourth-order valence-electron chi connectivity index (χ4n) is 2.72. The van der Waals surface area contributed by atoms with E-state index in [1.165, 1.54) is 19.3 Å². The summed E-state index contributed by atoms with van der Waals surface area (Å²) < 4.78 is 0. The first kappa shape index (κ1) is 10.9. The average Bonchev–Trinajstić information content (AvgIpc) is 2.15. The number of carbonyl (C=O) groups is 1. The maximum Gasteiger partial charge on any atom is 0.219 e. The first-order valence-corrected chi connectivity index (χ1v) is 6.12. The maximum atomic E-state index is 11.1. The second-order valence-corrected chi connectivity index (χ2v) is 5.03. The number of carbonyl (C=O) groups excluding carboxylic acids is 1. The molecule has 0 aromatic heterocycles. The summed E-state index contributed by atoms with van der Waals surface area (Å²) in [7, 11) is 0. The number of piperidine rings is 1. The van der Waals surface area contributed by atoms with Gasteiger partial charge in [-0.15, -0.1) is 0 Å². The molecule has 1 atom stereocenters. The molecule has 1 amide bonds. The zero-order chi connectivity index (χ0) is 10.8. The molecule has 3 nitrogen and oxygen atoms in total. The van der Waals surface area contributed by atoms with Gasteiger partial charge in [0.15, 0.2) is 0 Å². The molecule has 1 saturated heterocycles. The van der Waals surface area contributed by atoms with Gasteiger partial charge in [0.05, 0.1) is 6.10 Å². The second kappa shape index (κ2) is 4.52. The van der Waals surface area contributed by atoms with Crippen molar-refractivity contribution in [2.24, 2.45) is 11.8 Å². The zero-order valence-corrected chi connectivity index (χ0v) is 9.48. The van der Waals surface area contributed by atoms with Crippen molar-refractivity contribution in [3.8, 4) is 0 Å². The Morgan fingerprint density at radius 1 is 1.20 bits per heavy atom. The van der Waals surface area contributed by atoms with E-state index in [2.05, 4.69) is 0 Å². The molecule has 2 rings (SSSR count). The van der Waals surface area contributed by atoms with E-state index in [1.54, 1.807) is 6.92 Å². The van der Waals surface area contributed by atoms with Crippen LogP contribution in [0.5, 0.6) is 0 Å². The van der Waals surface area contributed by atoms with Crippen LogP contribution in [0.25, 0.3) is 0 Å². The summed E-state index contributed by atoms with van der Waals surface area (Å²) >= 11 is 0. The van der Waals surface area contributed by atoms with Crippen LogP contribution in [0.2, 0.25) is 0 Å². The highest BCUT2D eigenvalue weighted by atomic mass is 16.3. The molecule has 1 saturated carbocycles. The van der Waals surface area contributed by atoms with Crippen LogP contribution in [-0.4, -0.2) is 35.1 Å². The van der Waals surface area contributed by atoms with Gasteiger partial charge in [0.25, 0.3) is 0 Å². The van der Waals surface area contributed by atoms with Crippen molar-refractivity contribution >= 4 is 5.91 Å². The second-order valence-electron chi connectivity index (χ2n) is 5.03. The third-order valence-corrected chi connectivity index (χ3v) is 4.10. The van der Waals surface area contributed by atoms with Crippen molar-refractivity contribution in [3.05, 3.63) is 0 Å². The first-order chi connectivity index (χ1) is 7.18. The molecule has 1 aliphatic heterocycles. The van der Waals surface area contributed by atoms with E-state index in [9.17, 15) is 9.90 Å². The van der Waals surface area contributed by atoms with E-state index in [0.29, 0.717) is 11.8 Å². The summed E-state index contributed by atoms with van der Waals surface area (Å²) in [6.07, 6.45) is 5.55. The lowest BCUT2D eigenvalue weighted by molar-refractivity contribution is -0.131. The van der Waals surface area contributed by atoms with Gasteiger partial charge in [0.1, 0.15) is 0 Å². The van der Waals surface area contributed by atoms with Crippen molar-refractivity contribution in [2.75, 3.05) is 13.1 Å². The molecule has 15 heavy (non-hydrogen) atoms. The highest BCUT2D eigenvalue weighted by Gasteiger charge is 2.33. The van der Waals surface area contributed by atoms with Gasteiger partial charge in [-0.1, -0.05) is 6.42 Å². The zero-order valence-electron chi connectivity index (χ0n) is 9.48. The van der Waals surface area contributed by atoms with Crippen molar-refractivity contribution in [2.45, 2.75) is 45.1 Å². The van der Waals surface area contributed by atoms with Gasteiger partial charge in [0.2, 0.25) is 5.91 Å². The van der Waals surface area contributed by atoms with Crippen LogP contribution in [0.15, 0.2) is 0 Å². The first-order valence-electron chi connectivity index (χ1n) is 6.12. The van der Waals surface area contributed by atoms with Gasteiger partial charge in [-0.25, -0.2) is 0 Å². The quantitative estimate of drug-likeness (QED) is 0.750. The van der Waals surface area contributed by atoms with E-state index in [-0.39, 0.29) is 12.0 Å². The summed E-state index contributed by atoms with van der Waals surface area (Å²) in [5.41, 5.74) is 0. The minimum absolute atomic E-state index is 0.104. The van der Waals surface area contributed by atoms with Crippen LogP contribution in [0.4, 0.5) is 0 Å². The lowest BCUT2D eigenvalue weighted by Gasteiger charge is -2.39. The molecule has 0 bridgehead atoms. The minimum Gasteiger partial charge on any atom is -0.393 e. The molecule has 1 N–H and O–H groups in total. The number of likely N-dealkylation sites (tertiary alicyclic amines) is 1. The Morgan fingerprint density at radius 3 is 2.13 bits per heavy atom. The molecule has 1 aliphatic carbocycles. The molecule has 86 valence electrons. The van der Waals surface area contributed by atoms with E-state index >= 15 is 0 Å². The van der Waals surface area contributed by atoms with Crippen molar-refractivity contribution in [1.29, 1.82) is 0 Å². The van der Waals surface area contributed by atoms with E-state index < -0.39 is 0 Å². The third kappa shape index (κ3) is 2.33. The van der Waals surface area contributed by atoms with Gasteiger partial charge in [-0.05, 0) is 37.5 Å². The molecule has 1 heterocycles.